The van der Waals surface area contributed by atoms with Gasteiger partial charge < -0.3 is 9.47 Å². The number of benzene rings is 1. The highest BCUT2D eigenvalue weighted by Gasteiger charge is 2.62. The summed E-state index contributed by atoms with van der Waals surface area (Å²) >= 11 is 0. The summed E-state index contributed by atoms with van der Waals surface area (Å²) in [5.74, 6) is -0.137. The fourth-order valence-electron chi connectivity index (χ4n) is 1.85. The first-order chi connectivity index (χ1) is 9.73. The quantitative estimate of drug-likeness (QED) is 0.369. The third-order valence-electron chi connectivity index (χ3n) is 3.21. The molecule has 0 spiro atoms. The van der Waals surface area contributed by atoms with Crippen molar-refractivity contribution in [2.24, 2.45) is 0 Å². The first-order valence-corrected chi connectivity index (χ1v) is 5.95. The van der Waals surface area contributed by atoms with E-state index in [0.29, 0.717) is 6.42 Å². The van der Waals surface area contributed by atoms with Crippen LogP contribution in [-0.4, -0.2) is 22.9 Å². The molecule has 9 heteroatoms. The lowest BCUT2D eigenvalue weighted by Gasteiger charge is -2.41. The van der Waals surface area contributed by atoms with E-state index in [1.807, 2.05) is 0 Å². The van der Waals surface area contributed by atoms with Crippen molar-refractivity contribution in [1.82, 2.24) is 0 Å². The van der Waals surface area contributed by atoms with Crippen LogP contribution in [0.15, 0.2) is 24.3 Å². The second-order valence-electron chi connectivity index (χ2n) is 4.55. The fraction of sp³-hybridized carbons (Fsp3) is 0.417. The van der Waals surface area contributed by atoms with Crippen molar-refractivity contribution < 1.29 is 32.4 Å². The number of carbonyl (C=O) groups excluding carboxylic acids is 1. The molecule has 0 saturated heterocycles. The molecule has 1 saturated carbocycles. The Bertz CT molecular complexity index is 551. The Morgan fingerprint density at radius 1 is 1.24 bits per heavy atom. The molecule has 0 amide bonds. The molecule has 0 aliphatic heterocycles. The number of nitro benzene ring substituents is 1. The lowest BCUT2D eigenvalue weighted by molar-refractivity contribution is -0.384. The largest absolute Gasteiger partial charge is 0.514 e. The van der Waals surface area contributed by atoms with Gasteiger partial charge in [-0.1, -0.05) is 0 Å². The Hall–Kier alpha value is -2.32. The van der Waals surface area contributed by atoms with Crippen LogP contribution < -0.4 is 4.74 Å². The fourth-order valence-corrected chi connectivity index (χ4v) is 1.85. The second kappa shape index (κ2) is 5.23. The third kappa shape index (κ3) is 3.06. The van der Waals surface area contributed by atoms with Gasteiger partial charge in [0.25, 0.3) is 5.69 Å². The molecule has 0 radical (unpaired) electrons. The van der Waals surface area contributed by atoms with Gasteiger partial charge in [-0.2, -0.15) is 13.2 Å². The van der Waals surface area contributed by atoms with Gasteiger partial charge in [0.1, 0.15) is 5.75 Å². The van der Waals surface area contributed by atoms with Crippen LogP contribution in [0.3, 0.4) is 0 Å². The van der Waals surface area contributed by atoms with Crippen LogP contribution >= 0.6 is 0 Å². The van der Waals surface area contributed by atoms with Crippen LogP contribution in [0.5, 0.6) is 5.75 Å². The van der Waals surface area contributed by atoms with Gasteiger partial charge in [-0.15, -0.1) is 0 Å². The van der Waals surface area contributed by atoms with Gasteiger partial charge in [0, 0.05) is 12.1 Å². The maximum atomic E-state index is 12.8. The summed E-state index contributed by atoms with van der Waals surface area (Å²) in [5, 5.41) is 10.4. The van der Waals surface area contributed by atoms with Gasteiger partial charge >= 0.3 is 12.3 Å². The van der Waals surface area contributed by atoms with Gasteiger partial charge in [-0.3, -0.25) is 10.1 Å². The Morgan fingerprint density at radius 3 is 2.19 bits per heavy atom. The normalized spacial score (nSPS) is 16.7. The van der Waals surface area contributed by atoms with E-state index in [1.54, 1.807) is 0 Å². The monoisotopic (exact) mass is 305 g/mol. The average Bonchev–Trinajstić information content (AvgIpc) is 2.33. The molecule has 0 heterocycles. The minimum absolute atomic E-state index is 0.137. The number of ether oxygens (including phenoxy) is 2. The zero-order chi connectivity index (χ0) is 15.7. The Balaban J connectivity index is 2.00. The molecule has 2 rings (SSSR count). The van der Waals surface area contributed by atoms with Crippen LogP contribution in [0.1, 0.15) is 19.3 Å². The molecule has 1 aromatic rings. The molecule has 21 heavy (non-hydrogen) atoms. The highest BCUT2D eigenvalue weighted by Crippen LogP contribution is 2.48. The van der Waals surface area contributed by atoms with Crippen molar-refractivity contribution in [3.8, 4) is 5.75 Å². The summed E-state index contributed by atoms with van der Waals surface area (Å²) in [6, 6.07) is 4.32. The number of nitro groups is 1. The van der Waals surface area contributed by atoms with Gasteiger partial charge in [-0.05, 0) is 31.4 Å². The number of rotatable bonds is 3. The number of alkyl halides is 3. The van der Waals surface area contributed by atoms with Gasteiger partial charge in [0.05, 0.1) is 4.92 Å². The predicted octanol–water partition coefficient (Wildman–Crippen LogP) is 3.60. The van der Waals surface area contributed by atoms with E-state index in [-0.39, 0.29) is 24.3 Å². The topological polar surface area (TPSA) is 78.7 Å². The molecule has 114 valence electrons. The van der Waals surface area contributed by atoms with E-state index >= 15 is 0 Å². The molecule has 6 nitrogen and oxygen atoms in total. The number of hydrogen-bond acceptors (Lipinski definition) is 5. The molecule has 1 fully saturated rings. The van der Waals surface area contributed by atoms with Crippen molar-refractivity contribution in [1.29, 1.82) is 0 Å². The van der Waals surface area contributed by atoms with E-state index in [2.05, 4.69) is 9.47 Å². The van der Waals surface area contributed by atoms with Crippen molar-refractivity contribution in [2.75, 3.05) is 0 Å². The SMILES string of the molecule is O=C(Oc1ccc([N+](=O)[O-])cc1)OC1(C(F)(F)F)CCC1. The standard InChI is InChI=1S/C12H10F3NO5/c13-12(14,15)11(6-1-7-11)21-10(17)20-9-4-2-8(3-5-9)16(18)19/h2-5H,1,6-7H2. The first kappa shape index (κ1) is 15.1. The lowest BCUT2D eigenvalue weighted by atomic mass is 9.79. The van der Waals surface area contributed by atoms with Crippen molar-refractivity contribution in [3.63, 3.8) is 0 Å². The predicted molar refractivity (Wildman–Crippen MR) is 62.8 cm³/mol. The molecule has 0 bridgehead atoms. The zero-order valence-electron chi connectivity index (χ0n) is 10.6. The zero-order valence-corrected chi connectivity index (χ0v) is 10.6. The maximum Gasteiger partial charge on any atom is 0.514 e. The molecule has 0 aromatic heterocycles. The minimum atomic E-state index is -4.65. The molecule has 0 N–H and O–H groups in total. The van der Waals surface area contributed by atoms with Crippen molar-refractivity contribution in [3.05, 3.63) is 34.4 Å². The van der Waals surface area contributed by atoms with Crippen LogP contribution in [0.25, 0.3) is 0 Å². The summed E-state index contributed by atoms with van der Waals surface area (Å²) in [6.45, 7) is 0. The lowest BCUT2D eigenvalue weighted by Crippen LogP contribution is -2.54. The second-order valence-corrected chi connectivity index (χ2v) is 4.55. The Morgan fingerprint density at radius 2 is 1.81 bits per heavy atom. The molecule has 0 unspecified atom stereocenters. The number of hydrogen-bond donors (Lipinski definition) is 0. The minimum Gasteiger partial charge on any atom is -0.418 e. The number of nitrogens with zero attached hydrogens (tertiary/aromatic N) is 1. The highest BCUT2D eigenvalue weighted by molar-refractivity contribution is 5.65. The average molecular weight is 305 g/mol. The Kier molecular flexibility index (Phi) is 3.75. The third-order valence-corrected chi connectivity index (χ3v) is 3.21. The Labute approximate surface area is 116 Å². The van der Waals surface area contributed by atoms with Crippen molar-refractivity contribution >= 4 is 11.8 Å². The summed E-state index contributed by atoms with van der Waals surface area (Å²) in [5.41, 5.74) is -2.72. The van der Waals surface area contributed by atoms with E-state index in [0.717, 1.165) is 24.3 Å². The van der Waals surface area contributed by atoms with E-state index in [9.17, 15) is 28.1 Å². The smallest absolute Gasteiger partial charge is 0.418 e. The van der Waals surface area contributed by atoms with Gasteiger partial charge in [0.15, 0.2) is 0 Å². The first-order valence-electron chi connectivity index (χ1n) is 5.95. The van der Waals surface area contributed by atoms with Gasteiger partial charge in [0.2, 0.25) is 5.60 Å². The molecule has 0 atom stereocenters. The summed E-state index contributed by atoms with van der Waals surface area (Å²) in [7, 11) is 0. The number of halogens is 3. The van der Waals surface area contributed by atoms with Crippen LogP contribution in [-0.2, 0) is 4.74 Å². The highest BCUT2D eigenvalue weighted by atomic mass is 19.4. The van der Waals surface area contributed by atoms with Crippen LogP contribution in [0.4, 0.5) is 23.7 Å². The molecule has 1 aromatic carbocycles. The molecular weight excluding hydrogens is 295 g/mol. The van der Waals surface area contributed by atoms with Crippen LogP contribution in [0, 0.1) is 10.1 Å². The molecule has 1 aliphatic rings. The van der Waals surface area contributed by atoms with Crippen LogP contribution in [0.2, 0.25) is 0 Å². The van der Waals surface area contributed by atoms with Crippen molar-refractivity contribution in [2.45, 2.75) is 31.0 Å². The number of carbonyl (C=O) groups is 1. The van der Waals surface area contributed by atoms with Gasteiger partial charge in [-0.25, -0.2) is 4.79 Å². The molecular formula is C12H10F3NO5. The van der Waals surface area contributed by atoms with E-state index < -0.39 is 22.9 Å². The summed E-state index contributed by atoms with van der Waals surface area (Å²) < 4.78 is 47.4. The van der Waals surface area contributed by atoms with E-state index in [1.165, 1.54) is 0 Å². The number of non-ortho nitro benzene ring substituents is 1. The van der Waals surface area contributed by atoms with E-state index in [4.69, 9.17) is 0 Å². The maximum absolute atomic E-state index is 12.8. The molecule has 1 aliphatic carbocycles. The summed E-state index contributed by atoms with van der Waals surface area (Å²) in [6.07, 6.45) is -6.43. The summed E-state index contributed by atoms with van der Waals surface area (Å²) in [4.78, 5) is 21.2.